The molecule has 1 aliphatic rings. The molecule has 0 unspecified atom stereocenters. The molecular formula is C20H28BNO4S. The maximum Gasteiger partial charge on any atom is 0.494 e. The van der Waals surface area contributed by atoms with Crippen molar-refractivity contribution in [1.82, 2.24) is 0 Å². The van der Waals surface area contributed by atoms with E-state index in [0.29, 0.717) is 5.69 Å². The van der Waals surface area contributed by atoms with E-state index >= 15 is 0 Å². The van der Waals surface area contributed by atoms with E-state index in [-0.39, 0.29) is 18.3 Å². The maximum absolute atomic E-state index is 9.56. The third-order valence-corrected chi connectivity index (χ3v) is 4.52. The zero-order chi connectivity index (χ0) is 20.2. The Morgan fingerprint density at radius 1 is 0.852 bits per heavy atom. The van der Waals surface area contributed by atoms with E-state index in [1.165, 1.54) is 0 Å². The summed E-state index contributed by atoms with van der Waals surface area (Å²) in [5.41, 5.74) is 6.69. The molecule has 1 fully saturated rings. The lowest BCUT2D eigenvalue weighted by atomic mass is 9.79. The quantitative estimate of drug-likeness (QED) is 0.644. The fourth-order valence-corrected chi connectivity index (χ4v) is 2.34. The molecular weight excluding hydrogens is 361 g/mol. The molecule has 0 spiro atoms. The van der Waals surface area contributed by atoms with E-state index in [9.17, 15) is 4.21 Å². The maximum atomic E-state index is 9.56. The molecule has 3 rings (SSSR count). The van der Waals surface area contributed by atoms with Crippen LogP contribution in [0.15, 0.2) is 48.5 Å². The van der Waals surface area contributed by atoms with Crippen LogP contribution < -0.4 is 15.9 Å². The van der Waals surface area contributed by atoms with Crippen LogP contribution in [0.5, 0.6) is 11.5 Å². The summed E-state index contributed by atoms with van der Waals surface area (Å²) < 4.78 is 27.4. The fraction of sp³-hybridized carbons (Fsp3) is 0.400. The van der Waals surface area contributed by atoms with Crippen LogP contribution in [0.4, 0.5) is 5.69 Å². The zero-order valence-electron chi connectivity index (χ0n) is 16.8. The molecule has 0 aliphatic carbocycles. The van der Waals surface area contributed by atoms with Gasteiger partial charge in [-0.1, -0.05) is 12.1 Å². The summed E-state index contributed by atoms with van der Waals surface area (Å²) in [6.07, 6.45) is 3.28. The third kappa shape index (κ3) is 5.82. The summed E-state index contributed by atoms with van der Waals surface area (Å²) in [7, 11) is -0.967. The molecule has 0 aromatic heterocycles. The molecule has 7 heteroatoms. The molecule has 0 radical (unpaired) electrons. The molecule has 0 bridgehead atoms. The van der Waals surface area contributed by atoms with Gasteiger partial charge in [0.15, 0.2) is 0 Å². The number of benzene rings is 2. The predicted octanol–water partition coefficient (Wildman–Crippen LogP) is 3.36. The number of hydrogen-bond donors (Lipinski definition) is 1. The minimum atomic E-state index is -0.611. The van der Waals surface area contributed by atoms with E-state index in [0.717, 1.165) is 17.0 Å². The van der Waals surface area contributed by atoms with Gasteiger partial charge in [-0.25, -0.2) is 0 Å². The van der Waals surface area contributed by atoms with Gasteiger partial charge in [-0.3, -0.25) is 4.21 Å². The molecule has 0 amide bonds. The van der Waals surface area contributed by atoms with Gasteiger partial charge in [-0.05, 0) is 69.6 Å². The van der Waals surface area contributed by atoms with E-state index < -0.39 is 10.8 Å². The first-order chi connectivity index (χ1) is 12.5. The minimum absolute atomic E-state index is 0.337. The lowest BCUT2D eigenvalue weighted by Crippen LogP contribution is -2.41. The Labute approximate surface area is 164 Å². The number of nitrogens with two attached hydrogens (primary N) is 1. The van der Waals surface area contributed by atoms with E-state index in [1.54, 1.807) is 12.5 Å². The van der Waals surface area contributed by atoms with Gasteiger partial charge in [-0.15, -0.1) is 0 Å². The first kappa shape index (κ1) is 21.5. The van der Waals surface area contributed by atoms with Crippen molar-refractivity contribution in [2.75, 3.05) is 18.2 Å². The van der Waals surface area contributed by atoms with Crippen molar-refractivity contribution in [3.63, 3.8) is 0 Å². The first-order valence-electron chi connectivity index (χ1n) is 8.74. The number of hydrogen-bond acceptors (Lipinski definition) is 5. The molecule has 146 valence electrons. The molecule has 2 N–H and O–H groups in total. The average Bonchev–Trinajstić information content (AvgIpc) is 2.78. The Hall–Kier alpha value is -1.83. The van der Waals surface area contributed by atoms with Gasteiger partial charge >= 0.3 is 7.12 Å². The van der Waals surface area contributed by atoms with Gasteiger partial charge in [-0.2, -0.15) is 0 Å². The third-order valence-electron chi connectivity index (χ3n) is 4.52. The van der Waals surface area contributed by atoms with Crippen LogP contribution in [-0.2, 0) is 20.1 Å². The highest BCUT2D eigenvalue weighted by molar-refractivity contribution is 7.83. The van der Waals surface area contributed by atoms with Gasteiger partial charge in [0.2, 0.25) is 0 Å². The van der Waals surface area contributed by atoms with Crippen LogP contribution in [0.25, 0.3) is 0 Å². The van der Waals surface area contributed by atoms with Crippen LogP contribution >= 0.6 is 0 Å². The highest BCUT2D eigenvalue weighted by Gasteiger charge is 2.51. The number of ether oxygens (including phenoxy) is 1. The largest absolute Gasteiger partial charge is 0.494 e. The van der Waals surface area contributed by atoms with Crippen LogP contribution in [0.1, 0.15) is 27.7 Å². The Kier molecular flexibility index (Phi) is 6.73. The molecule has 2 aromatic carbocycles. The Morgan fingerprint density at radius 3 is 1.63 bits per heavy atom. The van der Waals surface area contributed by atoms with Crippen molar-refractivity contribution in [2.24, 2.45) is 0 Å². The van der Waals surface area contributed by atoms with Crippen LogP contribution in [0, 0.1) is 0 Å². The molecule has 27 heavy (non-hydrogen) atoms. The topological polar surface area (TPSA) is 70.8 Å². The second-order valence-electron chi connectivity index (χ2n) is 7.57. The molecule has 2 aromatic rings. The standard InChI is InChI=1S/C18H22BNO3.C2H6OS/c1-17(2)18(3,4)23-19(22-17)13-5-9-15(10-6-13)21-16-11-7-14(20)8-12-16;1-4(2)3/h5-12H,20H2,1-4H3;1-2H3. The fourth-order valence-electron chi connectivity index (χ4n) is 2.34. The zero-order valence-corrected chi connectivity index (χ0v) is 17.6. The van der Waals surface area contributed by atoms with Crippen molar-refractivity contribution in [3.8, 4) is 11.5 Å². The molecule has 1 heterocycles. The van der Waals surface area contributed by atoms with Crippen molar-refractivity contribution in [2.45, 2.75) is 38.9 Å². The average molecular weight is 389 g/mol. The molecule has 5 nitrogen and oxygen atoms in total. The summed E-state index contributed by atoms with van der Waals surface area (Å²) in [5, 5.41) is 0. The summed E-state index contributed by atoms with van der Waals surface area (Å²) in [6.45, 7) is 8.19. The van der Waals surface area contributed by atoms with Gasteiger partial charge in [0.1, 0.15) is 11.5 Å². The Bertz CT molecular complexity index is 756. The Morgan fingerprint density at radius 2 is 1.22 bits per heavy atom. The summed E-state index contributed by atoms with van der Waals surface area (Å²) in [5.74, 6) is 1.51. The minimum Gasteiger partial charge on any atom is -0.457 e. The van der Waals surface area contributed by atoms with Gasteiger partial charge in [0.05, 0.1) is 11.2 Å². The highest BCUT2D eigenvalue weighted by Crippen LogP contribution is 2.36. The summed E-state index contributed by atoms with van der Waals surface area (Å²) in [4.78, 5) is 0. The van der Waals surface area contributed by atoms with E-state index in [4.69, 9.17) is 19.8 Å². The SMILES string of the molecule is CC1(C)OB(c2ccc(Oc3ccc(N)cc3)cc2)OC1(C)C.CS(C)=O. The smallest absolute Gasteiger partial charge is 0.457 e. The molecule has 0 atom stereocenters. The number of anilines is 1. The van der Waals surface area contributed by atoms with Crippen molar-refractivity contribution < 1.29 is 18.3 Å². The van der Waals surface area contributed by atoms with Gasteiger partial charge < -0.3 is 19.8 Å². The molecule has 0 saturated carbocycles. The first-order valence-corrected chi connectivity index (χ1v) is 10.7. The van der Waals surface area contributed by atoms with E-state index in [1.807, 2.05) is 76.2 Å². The van der Waals surface area contributed by atoms with Gasteiger partial charge in [0, 0.05) is 29.0 Å². The lowest BCUT2D eigenvalue weighted by molar-refractivity contribution is 0.00578. The van der Waals surface area contributed by atoms with Crippen LogP contribution in [0.3, 0.4) is 0 Å². The molecule has 1 saturated heterocycles. The predicted molar refractivity (Wildman–Crippen MR) is 113 cm³/mol. The number of nitrogen functional groups attached to an aromatic ring is 1. The normalized spacial score (nSPS) is 17.4. The van der Waals surface area contributed by atoms with Crippen molar-refractivity contribution in [1.29, 1.82) is 0 Å². The number of rotatable bonds is 3. The van der Waals surface area contributed by atoms with Crippen LogP contribution in [-0.4, -0.2) is 35.0 Å². The van der Waals surface area contributed by atoms with Gasteiger partial charge in [0.25, 0.3) is 0 Å². The lowest BCUT2D eigenvalue weighted by Gasteiger charge is -2.32. The summed E-state index contributed by atoms with van der Waals surface area (Å²) in [6, 6.07) is 15.1. The highest BCUT2D eigenvalue weighted by atomic mass is 32.2. The van der Waals surface area contributed by atoms with Crippen LogP contribution in [0.2, 0.25) is 0 Å². The Balaban J connectivity index is 0.000000596. The second-order valence-corrected chi connectivity index (χ2v) is 9.05. The second kappa shape index (κ2) is 8.46. The monoisotopic (exact) mass is 389 g/mol. The van der Waals surface area contributed by atoms with Crippen molar-refractivity contribution in [3.05, 3.63) is 48.5 Å². The van der Waals surface area contributed by atoms with E-state index in [2.05, 4.69) is 0 Å². The summed E-state index contributed by atoms with van der Waals surface area (Å²) >= 11 is 0. The molecule has 1 aliphatic heterocycles. The van der Waals surface area contributed by atoms with Crippen molar-refractivity contribution >= 4 is 29.1 Å².